The number of piperidine rings is 1. The van der Waals surface area contributed by atoms with E-state index in [1.165, 1.54) is 19.4 Å². The molecular formula is C15H30N2O2. The maximum atomic E-state index is 9.87. The first-order valence-electron chi connectivity index (χ1n) is 7.95. The van der Waals surface area contributed by atoms with Gasteiger partial charge in [0.2, 0.25) is 0 Å². The fourth-order valence-corrected chi connectivity index (χ4v) is 3.26. The maximum absolute atomic E-state index is 9.87. The molecule has 112 valence electrons. The van der Waals surface area contributed by atoms with Crippen molar-refractivity contribution < 1.29 is 10.2 Å². The monoisotopic (exact) mass is 270 g/mol. The van der Waals surface area contributed by atoms with Crippen LogP contribution in [-0.4, -0.2) is 60.0 Å². The molecule has 0 aromatic heterocycles. The fourth-order valence-electron chi connectivity index (χ4n) is 3.26. The molecule has 0 aromatic rings. The van der Waals surface area contributed by atoms with Gasteiger partial charge >= 0.3 is 0 Å². The lowest BCUT2D eigenvalue weighted by Gasteiger charge is -2.39. The van der Waals surface area contributed by atoms with Gasteiger partial charge in [-0.15, -0.1) is 0 Å². The van der Waals surface area contributed by atoms with Gasteiger partial charge in [-0.2, -0.15) is 0 Å². The first-order valence-corrected chi connectivity index (χ1v) is 7.95. The van der Waals surface area contributed by atoms with Gasteiger partial charge in [-0.1, -0.05) is 6.92 Å². The summed E-state index contributed by atoms with van der Waals surface area (Å²) in [5.41, 5.74) is 0. The third-order valence-electron chi connectivity index (χ3n) is 4.45. The van der Waals surface area contributed by atoms with Crippen molar-refractivity contribution in [3.63, 3.8) is 0 Å². The zero-order valence-corrected chi connectivity index (χ0v) is 12.2. The Kier molecular flexibility index (Phi) is 6.07. The summed E-state index contributed by atoms with van der Waals surface area (Å²) >= 11 is 0. The Morgan fingerprint density at radius 3 is 2.68 bits per heavy atom. The normalized spacial score (nSPS) is 30.5. The minimum Gasteiger partial charge on any atom is -0.395 e. The Morgan fingerprint density at radius 1 is 1.26 bits per heavy atom. The molecule has 3 atom stereocenters. The third-order valence-corrected chi connectivity index (χ3v) is 4.45. The molecule has 3 N–H and O–H groups in total. The molecule has 2 fully saturated rings. The molecule has 4 heteroatoms. The predicted octanol–water partition coefficient (Wildman–Crippen LogP) is 0.830. The molecule has 3 unspecified atom stereocenters. The number of hydrogen-bond donors (Lipinski definition) is 3. The molecule has 1 heterocycles. The van der Waals surface area contributed by atoms with Gasteiger partial charge in [0.05, 0.1) is 12.7 Å². The lowest BCUT2D eigenvalue weighted by atomic mass is 9.88. The Bertz CT molecular complexity index is 259. The number of aliphatic hydroxyl groups excluding tert-OH is 2. The highest BCUT2D eigenvalue weighted by molar-refractivity contribution is 4.87. The van der Waals surface area contributed by atoms with Crippen LogP contribution >= 0.6 is 0 Å². The number of nitrogens with zero attached hydrogens (tertiary/aromatic N) is 1. The summed E-state index contributed by atoms with van der Waals surface area (Å²) in [6.07, 6.45) is 5.56. The minimum atomic E-state index is -0.149. The van der Waals surface area contributed by atoms with Crippen molar-refractivity contribution >= 4 is 0 Å². The van der Waals surface area contributed by atoms with Crippen LogP contribution in [-0.2, 0) is 0 Å². The van der Waals surface area contributed by atoms with Crippen LogP contribution in [0.1, 0.15) is 39.0 Å². The van der Waals surface area contributed by atoms with Gasteiger partial charge < -0.3 is 20.4 Å². The van der Waals surface area contributed by atoms with E-state index in [0.717, 1.165) is 38.3 Å². The molecule has 1 saturated heterocycles. The van der Waals surface area contributed by atoms with Gasteiger partial charge in [-0.3, -0.25) is 0 Å². The van der Waals surface area contributed by atoms with E-state index in [2.05, 4.69) is 17.1 Å². The second-order valence-corrected chi connectivity index (χ2v) is 6.44. The Balaban J connectivity index is 1.82. The predicted molar refractivity (Wildman–Crippen MR) is 77.1 cm³/mol. The lowest BCUT2D eigenvalue weighted by Crippen LogP contribution is -2.50. The van der Waals surface area contributed by atoms with Crippen molar-refractivity contribution in [1.29, 1.82) is 0 Å². The lowest BCUT2D eigenvalue weighted by molar-refractivity contribution is 0.0806. The summed E-state index contributed by atoms with van der Waals surface area (Å²) in [7, 11) is 0. The summed E-state index contributed by atoms with van der Waals surface area (Å²) < 4.78 is 0. The smallest absolute Gasteiger partial charge is 0.0556 e. The average molecular weight is 270 g/mol. The summed E-state index contributed by atoms with van der Waals surface area (Å²) in [5, 5.41) is 22.3. The third kappa shape index (κ3) is 5.38. The van der Waals surface area contributed by atoms with Crippen LogP contribution in [0.4, 0.5) is 0 Å². The molecule has 0 bridgehead atoms. The van der Waals surface area contributed by atoms with Crippen LogP contribution in [0.5, 0.6) is 0 Å². The second-order valence-electron chi connectivity index (χ2n) is 6.44. The van der Waals surface area contributed by atoms with Gasteiger partial charge in [0.1, 0.15) is 0 Å². The average Bonchev–Trinajstić information content (AvgIpc) is 3.20. The highest BCUT2D eigenvalue weighted by Crippen LogP contribution is 2.32. The van der Waals surface area contributed by atoms with Crippen LogP contribution in [0.2, 0.25) is 0 Å². The SMILES string of the molecule is CCC(O)CC1CC(NCCO)CN(CC2CC2)C1. The van der Waals surface area contributed by atoms with Crippen LogP contribution in [0, 0.1) is 11.8 Å². The summed E-state index contributed by atoms with van der Waals surface area (Å²) in [6, 6.07) is 0.480. The molecular weight excluding hydrogens is 240 g/mol. The molecule has 2 rings (SSSR count). The molecule has 0 amide bonds. The molecule has 4 nitrogen and oxygen atoms in total. The highest BCUT2D eigenvalue weighted by Gasteiger charge is 2.31. The van der Waals surface area contributed by atoms with Gasteiger partial charge in [-0.05, 0) is 43.9 Å². The summed E-state index contributed by atoms with van der Waals surface area (Å²) in [5.74, 6) is 1.52. The molecule has 2 aliphatic rings. The first kappa shape index (κ1) is 15.2. The number of hydrogen-bond acceptors (Lipinski definition) is 4. The van der Waals surface area contributed by atoms with Crippen LogP contribution < -0.4 is 5.32 Å². The van der Waals surface area contributed by atoms with Crippen molar-refractivity contribution in [2.24, 2.45) is 11.8 Å². The van der Waals surface area contributed by atoms with Crippen LogP contribution in [0.3, 0.4) is 0 Å². The van der Waals surface area contributed by atoms with E-state index in [9.17, 15) is 5.11 Å². The van der Waals surface area contributed by atoms with E-state index in [4.69, 9.17) is 5.11 Å². The highest BCUT2D eigenvalue weighted by atomic mass is 16.3. The summed E-state index contributed by atoms with van der Waals surface area (Å²) in [6.45, 7) is 6.43. The topological polar surface area (TPSA) is 55.7 Å². The van der Waals surface area contributed by atoms with Crippen molar-refractivity contribution in [2.75, 3.05) is 32.8 Å². The Morgan fingerprint density at radius 2 is 2.05 bits per heavy atom. The second kappa shape index (κ2) is 7.58. The molecule has 1 aliphatic carbocycles. The largest absolute Gasteiger partial charge is 0.395 e. The first-order chi connectivity index (χ1) is 9.21. The van der Waals surface area contributed by atoms with Gasteiger partial charge in [0.15, 0.2) is 0 Å². The van der Waals surface area contributed by atoms with Crippen LogP contribution in [0.15, 0.2) is 0 Å². The zero-order valence-electron chi connectivity index (χ0n) is 12.2. The van der Waals surface area contributed by atoms with Crippen molar-refractivity contribution in [3.05, 3.63) is 0 Å². The molecule has 1 aliphatic heterocycles. The van der Waals surface area contributed by atoms with Crippen molar-refractivity contribution in [2.45, 2.75) is 51.2 Å². The fraction of sp³-hybridized carbons (Fsp3) is 1.00. The van der Waals surface area contributed by atoms with Gasteiger partial charge in [0.25, 0.3) is 0 Å². The van der Waals surface area contributed by atoms with E-state index in [0.29, 0.717) is 18.5 Å². The molecule has 19 heavy (non-hydrogen) atoms. The van der Waals surface area contributed by atoms with E-state index >= 15 is 0 Å². The van der Waals surface area contributed by atoms with E-state index in [-0.39, 0.29) is 12.7 Å². The number of aliphatic hydroxyl groups is 2. The molecule has 1 saturated carbocycles. The van der Waals surface area contributed by atoms with E-state index in [1.54, 1.807) is 0 Å². The Labute approximate surface area is 117 Å². The molecule has 0 spiro atoms. The number of rotatable bonds is 8. The number of likely N-dealkylation sites (tertiary alicyclic amines) is 1. The molecule has 0 aromatic carbocycles. The van der Waals surface area contributed by atoms with Crippen LogP contribution in [0.25, 0.3) is 0 Å². The molecule has 0 radical (unpaired) electrons. The zero-order chi connectivity index (χ0) is 13.7. The van der Waals surface area contributed by atoms with E-state index < -0.39 is 0 Å². The quantitative estimate of drug-likeness (QED) is 0.611. The number of nitrogens with one attached hydrogen (secondary N) is 1. The van der Waals surface area contributed by atoms with Gasteiger partial charge in [0, 0.05) is 32.2 Å². The Hall–Kier alpha value is -0.160. The van der Waals surface area contributed by atoms with E-state index in [1.807, 2.05) is 0 Å². The maximum Gasteiger partial charge on any atom is 0.0556 e. The minimum absolute atomic E-state index is 0.149. The standard InChI is InChI=1S/C15H30N2O2/c1-2-15(19)8-13-7-14(16-5-6-18)11-17(10-13)9-12-3-4-12/h12-16,18-19H,2-11H2,1H3. The summed E-state index contributed by atoms with van der Waals surface area (Å²) in [4.78, 5) is 2.57. The van der Waals surface area contributed by atoms with Crippen molar-refractivity contribution in [3.8, 4) is 0 Å². The van der Waals surface area contributed by atoms with Gasteiger partial charge in [-0.25, -0.2) is 0 Å². The van der Waals surface area contributed by atoms with Crippen molar-refractivity contribution in [1.82, 2.24) is 10.2 Å².